The van der Waals surface area contributed by atoms with E-state index in [1.165, 1.54) is 6.20 Å². The number of rotatable bonds is 4. The van der Waals surface area contributed by atoms with Crippen LogP contribution >= 0.6 is 34.8 Å². The largest absolute Gasteiger partial charge is 0.228 e. The molecule has 0 radical (unpaired) electrons. The zero-order valence-corrected chi connectivity index (χ0v) is 16.6. The van der Waals surface area contributed by atoms with Gasteiger partial charge in [0.05, 0.1) is 27.4 Å². The van der Waals surface area contributed by atoms with E-state index < -0.39 is 14.6 Å². The number of aromatic nitrogens is 2. The van der Waals surface area contributed by atoms with Gasteiger partial charge >= 0.3 is 0 Å². The standard InChI is InChI=1S/C16H17Cl3N2O2S/c1-16(2,3)24(22,23)9-11-6-10(4-5-12(11)17)7-14-13(18)8-20-15(19)21-14/h4-6,8H,7,9H2,1-3H3. The number of benzene rings is 1. The lowest BCUT2D eigenvalue weighted by Gasteiger charge is -2.20. The highest BCUT2D eigenvalue weighted by Gasteiger charge is 2.29. The topological polar surface area (TPSA) is 59.9 Å². The fraction of sp³-hybridized carbons (Fsp3) is 0.375. The van der Waals surface area contributed by atoms with Gasteiger partial charge in [-0.25, -0.2) is 18.4 Å². The first-order valence-corrected chi connectivity index (χ1v) is 9.95. The van der Waals surface area contributed by atoms with Gasteiger partial charge in [-0.1, -0.05) is 35.3 Å². The van der Waals surface area contributed by atoms with Crippen molar-refractivity contribution in [1.29, 1.82) is 0 Å². The highest BCUT2D eigenvalue weighted by atomic mass is 35.5. The van der Waals surface area contributed by atoms with Crippen LogP contribution in [0.4, 0.5) is 0 Å². The summed E-state index contributed by atoms with van der Waals surface area (Å²) in [6.07, 6.45) is 1.84. The second-order valence-corrected chi connectivity index (χ2v) is 10.3. The van der Waals surface area contributed by atoms with Crippen LogP contribution in [-0.2, 0) is 22.0 Å². The summed E-state index contributed by atoms with van der Waals surface area (Å²) in [6, 6.07) is 5.25. The summed E-state index contributed by atoms with van der Waals surface area (Å²) in [5.74, 6) is -0.124. The van der Waals surface area contributed by atoms with Gasteiger partial charge in [0.2, 0.25) is 5.28 Å². The molecule has 1 aromatic carbocycles. The molecule has 0 bridgehead atoms. The second-order valence-electron chi connectivity index (χ2n) is 6.41. The maximum atomic E-state index is 12.4. The van der Waals surface area contributed by atoms with Crippen LogP contribution in [0, 0.1) is 0 Å². The Morgan fingerprint density at radius 2 is 1.75 bits per heavy atom. The van der Waals surface area contributed by atoms with Gasteiger partial charge < -0.3 is 0 Å². The van der Waals surface area contributed by atoms with Crippen LogP contribution in [0.25, 0.3) is 0 Å². The SMILES string of the molecule is CC(C)(C)S(=O)(=O)Cc1cc(Cc2nc(Cl)ncc2Cl)ccc1Cl. The summed E-state index contributed by atoms with van der Waals surface area (Å²) < 4.78 is 24.0. The van der Waals surface area contributed by atoms with E-state index in [0.717, 1.165) is 5.56 Å². The molecule has 0 unspecified atom stereocenters. The molecular weight excluding hydrogens is 391 g/mol. The van der Waals surface area contributed by atoms with Crippen molar-refractivity contribution >= 4 is 44.6 Å². The van der Waals surface area contributed by atoms with E-state index in [9.17, 15) is 8.42 Å². The third-order valence-corrected chi connectivity index (χ3v) is 6.97. The average Bonchev–Trinajstić information content (AvgIpc) is 2.45. The molecule has 130 valence electrons. The highest BCUT2D eigenvalue weighted by molar-refractivity contribution is 7.91. The number of halogens is 3. The first-order chi connectivity index (χ1) is 11.0. The Labute approximate surface area is 157 Å². The van der Waals surface area contributed by atoms with Gasteiger partial charge in [0.1, 0.15) is 0 Å². The van der Waals surface area contributed by atoms with Gasteiger partial charge in [0.15, 0.2) is 9.84 Å². The molecule has 0 N–H and O–H groups in total. The van der Waals surface area contributed by atoms with Crippen LogP contribution < -0.4 is 0 Å². The summed E-state index contributed by atoms with van der Waals surface area (Å²) in [6.45, 7) is 5.01. The van der Waals surface area contributed by atoms with Crippen LogP contribution in [0.3, 0.4) is 0 Å². The molecule has 0 saturated heterocycles. The van der Waals surface area contributed by atoms with Crippen molar-refractivity contribution in [3.05, 3.63) is 56.5 Å². The van der Waals surface area contributed by atoms with Gasteiger partial charge in [-0.2, -0.15) is 0 Å². The molecule has 2 aromatic rings. The van der Waals surface area contributed by atoms with Crippen molar-refractivity contribution in [2.75, 3.05) is 0 Å². The van der Waals surface area contributed by atoms with Crippen molar-refractivity contribution in [1.82, 2.24) is 9.97 Å². The molecule has 0 saturated carbocycles. The van der Waals surface area contributed by atoms with Gasteiger partial charge in [-0.15, -0.1) is 0 Å². The highest BCUT2D eigenvalue weighted by Crippen LogP contribution is 2.27. The maximum absolute atomic E-state index is 12.4. The summed E-state index contributed by atoms with van der Waals surface area (Å²) in [4.78, 5) is 7.92. The van der Waals surface area contributed by atoms with E-state index in [1.807, 2.05) is 6.07 Å². The minimum absolute atomic E-state index is 0.110. The quantitative estimate of drug-likeness (QED) is 0.687. The van der Waals surface area contributed by atoms with E-state index in [1.54, 1.807) is 32.9 Å². The van der Waals surface area contributed by atoms with Crippen LogP contribution in [-0.4, -0.2) is 23.1 Å². The van der Waals surface area contributed by atoms with E-state index in [2.05, 4.69) is 9.97 Å². The molecule has 0 aliphatic rings. The fourth-order valence-corrected chi connectivity index (χ4v) is 3.62. The molecule has 2 rings (SSSR count). The third-order valence-electron chi connectivity index (χ3n) is 3.55. The predicted octanol–water partition coefficient (Wildman–Crippen LogP) is 4.74. The molecule has 0 amide bonds. The van der Waals surface area contributed by atoms with E-state index in [-0.39, 0.29) is 11.0 Å². The Balaban J connectivity index is 2.34. The summed E-state index contributed by atoms with van der Waals surface area (Å²) in [7, 11) is -3.34. The van der Waals surface area contributed by atoms with E-state index >= 15 is 0 Å². The molecule has 4 nitrogen and oxygen atoms in total. The number of nitrogens with zero attached hydrogens (tertiary/aromatic N) is 2. The molecular formula is C16H17Cl3N2O2S. The molecule has 0 atom stereocenters. The summed E-state index contributed by atoms with van der Waals surface area (Å²) in [5, 5.41) is 0.926. The Bertz CT molecular complexity index is 862. The Morgan fingerprint density at radius 1 is 1.08 bits per heavy atom. The molecule has 24 heavy (non-hydrogen) atoms. The van der Waals surface area contributed by atoms with Crippen molar-refractivity contribution in [3.63, 3.8) is 0 Å². The normalized spacial score (nSPS) is 12.4. The molecule has 1 heterocycles. The molecule has 0 aliphatic carbocycles. The second kappa shape index (κ2) is 7.16. The van der Waals surface area contributed by atoms with Crippen molar-refractivity contribution in [2.24, 2.45) is 0 Å². The molecule has 8 heteroatoms. The minimum atomic E-state index is -3.34. The van der Waals surface area contributed by atoms with E-state index in [4.69, 9.17) is 34.8 Å². The minimum Gasteiger partial charge on any atom is -0.228 e. The maximum Gasteiger partial charge on any atom is 0.222 e. The van der Waals surface area contributed by atoms with Crippen LogP contribution in [0.2, 0.25) is 15.3 Å². The van der Waals surface area contributed by atoms with Crippen molar-refractivity contribution in [3.8, 4) is 0 Å². The number of hydrogen-bond acceptors (Lipinski definition) is 4. The lowest BCUT2D eigenvalue weighted by atomic mass is 10.1. The third kappa shape index (κ3) is 4.60. The Morgan fingerprint density at radius 3 is 2.38 bits per heavy atom. The van der Waals surface area contributed by atoms with E-state index in [0.29, 0.717) is 27.7 Å². The lowest BCUT2D eigenvalue weighted by Crippen LogP contribution is -2.29. The first-order valence-electron chi connectivity index (χ1n) is 7.16. The smallest absolute Gasteiger partial charge is 0.222 e. The summed E-state index contributed by atoms with van der Waals surface area (Å²) >= 11 is 18.0. The Hall–Kier alpha value is -0.880. The van der Waals surface area contributed by atoms with Gasteiger partial charge in [0, 0.05) is 11.4 Å². The monoisotopic (exact) mass is 406 g/mol. The molecule has 0 aliphatic heterocycles. The van der Waals surface area contributed by atoms with Crippen LogP contribution in [0.15, 0.2) is 24.4 Å². The van der Waals surface area contributed by atoms with Crippen molar-refractivity contribution < 1.29 is 8.42 Å². The lowest BCUT2D eigenvalue weighted by molar-refractivity contribution is 0.559. The predicted molar refractivity (Wildman–Crippen MR) is 98.7 cm³/mol. The van der Waals surface area contributed by atoms with Crippen molar-refractivity contribution in [2.45, 2.75) is 37.7 Å². The first kappa shape index (κ1) is 19.4. The zero-order chi connectivity index (χ0) is 18.1. The van der Waals surface area contributed by atoms with Crippen LogP contribution in [0.1, 0.15) is 37.6 Å². The number of hydrogen-bond donors (Lipinski definition) is 0. The average molecular weight is 408 g/mol. The zero-order valence-electron chi connectivity index (χ0n) is 13.5. The number of sulfone groups is 1. The van der Waals surface area contributed by atoms with Gasteiger partial charge in [-0.05, 0) is 49.6 Å². The molecule has 1 aromatic heterocycles. The van der Waals surface area contributed by atoms with Gasteiger partial charge in [-0.3, -0.25) is 0 Å². The Kier molecular flexibility index (Phi) is 5.80. The van der Waals surface area contributed by atoms with Crippen LogP contribution in [0.5, 0.6) is 0 Å². The fourth-order valence-electron chi connectivity index (χ4n) is 1.97. The van der Waals surface area contributed by atoms with Gasteiger partial charge in [0.25, 0.3) is 0 Å². The summed E-state index contributed by atoms with van der Waals surface area (Å²) in [5.41, 5.74) is 1.97. The molecule has 0 fully saturated rings. The molecule has 0 spiro atoms.